The third-order valence-corrected chi connectivity index (χ3v) is 4.57. The average molecular weight is 355 g/mol. The number of pyridine rings is 1. The van der Waals surface area contributed by atoms with Crippen LogP contribution in [0.15, 0.2) is 36.5 Å². The van der Waals surface area contributed by atoms with Crippen LogP contribution in [-0.2, 0) is 0 Å². The van der Waals surface area contributed by atoms with E-state index in [1.54, 1.807) is 32.5 Å². The standard InChI is InChI=1S/C20H25N3O3/c1-25-16-7-8-18(26-2)17(14-16)22-19-13-15(9-10-21-19)20(24)23-11-5-3-4-6-12-23/h7-10,13-14H,3-6,11-12H2,1-2H3,(H,21,22). The number of ether oxygens (including phenoxy) is 2. The number of carbonyl (C=O) groups excluding carboxylic acids is 1. The molecule has 0 unspecified atom stereocenters. The number of hydrogen-bond donors (Lipinski definition) is 1. The van der Waals surface area contributed by atoms with Gasteiger partial charge in [0.1, 0.15) is 17.3 Å². The van der Waals surface area contributed by atoms with Crippen molar-refractivity contribution in [2.24, 2.45) is 0 Å². The lowest BCUT2D eigenvalue weighted by molar-refractivity contribution is 0.0761. The summed E-state index contributed by atoms with van der Waals surface area (Å²) in [4.78, 5) is 19.1. The first-order valence-corrected chi connectivity index (χ1v) is 8.95. The smallest absolute Gasteiger partial charge is 0.254 e. The van der Waals surface area contributed by atoms with Gasteiger partial charge >= 0.3 is 0 Å². The fourth-order valence-corrected chi connectivity index (χ4v) is 3.14. The molecule has 138 valence electrons. The molecule has 1 aromatic carbocycles. The Bertz CT molecular complexity index is 756. The lowest BCUT2D eigenvalue weighted by Crippen LogP contribution is -2.31. The van der Waals surface area contributed by atoms with Gasteiger partial charge in [-0.05, 0) is 37.1 Å². The fraction of sp³-hybridized carbons (Fsp3) is 0.400. The van der Waals surface area contributed by atoms with E-state index in [0.717, 1.165) is 31.6 Å². The maximum absolute atomic E-state index is 12.8. The molecule has 0 saturated carbocycles. The minimum absolute atomic E-state index is 0.0648. The molecule has 1 N–H and O–H groups in total. The van der Waals surface area contributed by atoms with Gasteiger partial charge in [0.15, 0.2) is 0 Å². The lowest BCUT2D eigenvalue weighted by atomic mass is 10.2. The molecule has 6 heteroatoms. The summed E-state index contributed by atoms with van der Waals surface area (Å²) < 4.78 is 10.7. The van der Waals surface area contributed by atoms with Crippen LogP contribution in [0.1, 0.15) is 36.0 Å². The maximum Gasteiger partial charge on any atom is 0.254 e. The van der Waals surface area contributed by atoms with Crippen LogP contribution in [0.3, 0.4) is 0 Å². The molecule has 2 heterocycles. The summed E-state index contributed by atoms with van der Waals surface area (Å²) in [6, 6.07) is 9.04. The molecule has 1 aliphatic heterocycles. The predicted octanol–water partition coefficient (Wildman–Crippen LogP) is 3.86. The van der Waals surface area contributed by atoms with Gasteiger partial charge in [-0.1, -0.05) is 12.8 Å². The van der Waals surface area contributed by atoms with Crippen LogP contribution in [0, 0.1) is 0 Å². The van der Waals surface area contributed by atoms with E-state index in [1.807, 2.05) is 23.1 Å². The van der Waals surface area contributed by atoms with Crippen molar-refractivity contribution < 1.29 is 14.3 Å². The first kappa shape index (κ1) is 18.0. The van der Waals surface area contributed by atoms with Crippen LogP contribution < -0.4 is 14.8 Å². The Morgan fingerprint density at radius 1 is 1.04 bits per heavy atom. The van der Waals surface area contributed by atoms with E-state index in [4.69, 9.17) is 9.47 Å². The van der Waals surface area contributed by atoms with Crippen molar-refractivity contribution in [2.75, 3.05) is 32.6 Å². The number of nitrogens with one attached hydrogen (secondary N) is 1. The van der Waals surface area contributed by atoms with Crippen LogP contribution in [0.4, 0.5) is 11.5 Å². The molecule has 26 heavy (non-hydrogen) atoms. The SMILES string of the molecule is COc1ccc(OC)c(Nc2cc(C(=O)N3CCCCCC3)ccn2)c1. The summed E-state index contributed by atoms with van der Waals surface area (Å²) in [6.45, 7) is 1.65. The van der Waals surface area contributed by atoms with E-state index in [9.17, 15) is 4.79 Å². The summed E-state index contributed by atoms with van der Waals surface area (Å²) in [7, 11) is 3.23. The zero-order valence-electron chi connectivity index (χ0n) is 15.3. The summed E-state index contributed by atoms with van der Waals surface area (Å²) in [6.07, 6.45) is 6.19. The van der Waals surface area contributed by atoms with Crippen LogP contribution >= 0.6 is 0 Å². The number of benzene rings is 1. The first-order valence-electron chi connectivity index (χ1n) is 8.95. The Balaban J connectivity index is 1.80. The molecule has 0 spiro atoms. The number of amides is 1. The van der Waals surface area contributed by atoms with Gasteiger partial charge in [-0.2, -0.15) is 0 Å². The third kappa shape index (κ3) is 4.25. The molecule has 6 nitrogen and oxygen atoms in total. The monoisotopic (exact) mass is 355 g/mol. The van der Waals surface area contributed by atoms with E-state index >= 15 is 0 Å². The van der Waals surface area contributed by atoms with Crippen LogP contribution in [0.2, 0.25) is 0 Å². The van der Waals surface area contributed by atoms with E-state index in [-0.39, 0.29) is 5.91 Å². The van der Waals surface area contributed by atoms with Crippen molar-refractivity contribution in [3.05, 3.63) is 42.1 Å². The zero-order chi connectivity index (χ0) is 18.4. The minimum atomic E-state index is 0.0648. The van der Waals surface area contributed by atoms with Crippen molar-refractivity contribution in [2.45, 2.75) is 25.7 Å². The Morgan fingerprint density at radius 2 is 1.81 bits per heavy atom. The van der Waals surface area contributed by atoms with Crippen molar-refractivity contribution in [1.82, 2.24) is 9.88 Å². The van der Waals surface area contributed by atoms with Crippen molar-refractivity contribution in [1.29, 1.82) is 0 Å². The normalized spacial score (nSPS) is 14.5. The number of anilines is 2. The van der Waals surface area contributed by atoms with Gasteiger partial charge < -0.3 is 19.7 Å². The molecule has 0 atom stereocenters. The quantitative estimate of drug-likeness (QED) is 0.882. The molecule has 0 bridgehead atoms. The lowest BCUT2D eigenvalue weighted by Gasteiger charge is -2.20. The molecule has 3 rings (SSSR count). The Hall–Kier alpha value is -2.76. The second kappa shape index (κ2) is 8.56. The average Bonchev–Trinajstić information content (AvgIpc) is 2.97. The number of methoxy groups -OCH3 is 2. The number of carbonyl (C=O) groups is 1. The van der Waals surface area contributed by atoms with Crippen molar-refractivity contribution >= 4 is 17.4 Å². The van der Waals surface area contributed by atoms with Gasteiger partial charge in [-0.15, -0.1) is 0 Å². The number of aromatic nitrogens is 1. The van der Waals surface area contributed by atoms with Gasteiger partial charge in [0.05, 0.1) is 19.9 Å². The number of hydrogen-bond acceptors (Lipinski definition) is 5. The second-order valence-corrected chi connectivity index (χ2v) is 6.33. The Kier molecular flexibility index (Phi) is 5.94. The molecular weight excluding hydrogens is 330 g/mol. The second-order valence-electron chi connectivity index (χ2n) is 6.33. The minimum Gasteiger partial charge on any atom is -0.497 e. The highest BCUT2D eigenvalue weighted by molar-refractivity contribution is 5.95. The zero-order valence-corrected chi connectivity index (χ0v) is 15.3. The highest BCUT2D eigenvalue weighted by Gasteiger charge is 2.18. The Morgan fingerprint density at radius 3 is 2.50 bits per heavy atom. The van der Waals surface area contributed by atoms with Crippen LogP contribution in [0.25, 0.3) is 0 Å². The van der Waals surface area contributed by atoms with Crippen molar-refractivity contribution in [3.8, 4) is 11.5 Å². The molecule has 1 amide bonds. The van der Waals surface area contributed by atoms with E-state index in [0.29, 0.717) is 22.9 Å². The van der Waals surface area contributed by atoms with Gasteiger partial charge in [0.25, 0.3) is 5.91 Å². The largest absolute Gasteiger partial charge is 0.497 e. The van der Waals surface area contributed by atoms with Gasteiger partial charge in [0.2, 0.25) is 0 Å². The van der Waals surface area contributed by atoms with Crippen LogP contribution in [0.5, 0.6) is 11.5 Å². The number of rotatable bonds is 5. The van der Waals surface area contributed by atoms with E-state index in [2.05, 4.69) is 10.3 Å². The van der Waals surface area contributed by atoms with Crippen LogP contribution in [-0.4, -0.2) is 43.1 Å². The summed E-state index contributed by atoms with van der Waals surface area (Å²) in [5.74, 6) is 2.05. The summed E-state index contributed by atoms with van der Waals surface area (Å²) in [5.41, 5.74) is 1.38. The predicted molar refractivity (Wildman–Crippen MR) is 101 cm³/mol. The molecule has 1 aliphatic rings. The number of nitrogens with zero attached hydrogens (tertiary/aromatic N) is 2. The molecule has 0 radical (unpaired) electrons. The molecular formula is C20H25N3O3. The van der Waals surface area contributed by atoms with Gasteiger partial charge in [-0.3, -0.25) is 4.79 Å². The fourth-order valence-electron chi connectivity index (χ4n) is 3.14. The highest BCUT2D eigenvalue weighted by Crippen LogP contribution is 2.31. The summed E-state index contributed by atoms with van der Waals surface area (Å²) >= 11 is 0. The maximum atomic E-state index is 12.8. The molecule has 1 saturated heterocycles. The first-order chi connectivity index (χ1) is 12.7. The number of likely N-dealkylation sites (tertiary alicyclic amines) is 1. The molecule has 0 aliphatic carbocycles. The Labute approximate surface area is 154 Å². The van der Waals surface area contributed by atoms with Gasteiger partial charge in [-0.25, -0.2) is 4.98 Å². The molecule has 2 aromatic rings. The van der Waals surface area contributed by atoms with Crippen molar-refractivity contribution in [3.63, 3.8) is 0 Å². The van der Waals surface area contributed by atoms with E-state index < -0.39 is 0 Å². The summed E-state index contributed by atoms with van der Waals surface area (Å²) in [5, 5.41) is 3.22. The topological polar surface area (TPSA) is 63.7 Å². The third-order valence-electron chi connectivity index (χ3n) is 4.57. The van der Waals surface area contributed by atoms with Gasteiger partial charge in [0, 0.05) is 30.9 Å². The van der Waals surface area contributed by atoms with E-state index in [1.165, 1.54) is 12.8 Å². The highest BCUT2D eigenvalue weighted by atomic mass is 16.5. The molecule has 1 aromatic heterocycles. The molecule has 1 fully saturated rings.